The molecule has 0 aromatic heterocycles. The summed E-state index contributed by atoms with van der Waals surface area (Å²) in [6.45, 7) is 6.54. The van der Waals surface area contributed by atoms with E-state index in [1.807, 2.05) is 13.8 Å². The lowest BCUT2D eigenvalue weighted by Crippen LogP contribution is -2.52. The van der Waals surface area contributed by atoms with Crippen LogP contribution >= 0.6 is 0 Å². The summed E-state index contributed by atoms with van der Waals surface area (Å²) >= 11 is 0. The highest BCUT2D eigenvalue weighted by atomic mass is 16.5. The number of hydrogen-bond acceptors (Lipinski definition) is 6. The Morgan fingerprint density at radius 1 is 1.12 bits per heavy atom. The van der Waals surface area contributed by atoms with Crippen LogP contribution in [0.1, 0.15) is 33.3 Å². The third kappa shape index (κ3) is 7.10. The number of esters is 1. The summed E-state index contributed by atoms with van der Waals surface area (Å²) in [6, 6.07) is 5.61. The van der Waals surface area contributed by atoms with E-state index in [0.717, 1.165) is 0 Å². The van der Waals surface area contributed by atoms with Gasteiger partial charge in [0, 0.05) is 12.5 Å². The van der Waals surface area contributed by atoms with Gasteiger partial charge in [-0.2, -0.15) is 0 Å². The van der Waals surface area contributed by atoms with Crippen LogP contribution in [-0.4, -0.2) is 36.6 Å². The molecule has 26 heavy (non-hydrogen) atoms. The molecule has 2 amide bonds. The van der Waals surface area contributed by atoms with Crippen molar-refractivity contribution in [2.45, 2.75) is 46.4 Å². The fourth-order valence-corrected chi connectivity index (χ4v) is 1.96. The largest absolute Gasteiger partial charge is 0.473 e. The number of amides is 2. The summed E-state index contributed by atoms with van der Waals surface area (Å²) in [4.78, 5) is 34.8. The Kier molecular flexibility index (Phi) is 8.57. The maximum Gasteiger partial charge on any atom is 0.302 e. The second kappa shape index (κ2) is 10.4. The highest BCUT2D eigenvalue weighted by Gasteiger charge is 2.21. The van der Waals surface area contributed by atoms with Gasteiger partial charge in [-0.15, -0.1) is 0 Å². The predicted molar refractivity (Wildman–Crippen MR) is 96.0 cm³/mol. The zero-order valence-electron chi connectivity index (χ0n) is 15.6. The summed E-state index contributed by atoms with van der Waals surface area (Å²) < 4.78 is 10.5. The first kappa shape index (κ1) is 21.4. The molecular formula is C18H27N3O5. The molecule has 0 saturated carbocycles. The highest BCUT2D eigenvalue weighted by Crippen LogP contribution is 2.18. The van der Waals surface area contributed by atoms with E-state index in [9.17, 15) is 14.4 Å². The van der Waals surface area contributed by atoms with Crippen LogP contribution < -0.4 is 21.1 Å². The van der Waals surface area contributed by atoms with E-state index in [4.69, 9.17) is 15.2 Å². The third-order valence-electron chi connectivity index (χ3n) is 3.65. The van der Waals surface area contributed by atoms with E-state index in [1.165, 1.54) is 6.92 Å². The van der Waals surface area contributed by atoms with Crippen molar-refractivity contribution in [3.8, 4) is 5.75 Å². The summed E-state index contributed by atoms with van der Waals surface area (Å²) in [5.74, 6) is -0.700. The number of benzene rings is 1. The SMILES string of the molecule is CC(=O)OCc1ccccc1OCNC(=O)[C@H](C)NC(=O)[C@@H](N)C(C)C. The van der Waals surface area contributed by atoms with Crippen LogP contribution in [0, 0.1) is 5.92 Å². The molecule has 1 rings (SSSR count). The molecule has 4 N–H and O–H groups in total. The molecule has 0 spiro atoms. The van der Waals surface area contributed by atoms with Gasteiger partial charge in [-0.05, 0) is 18.9 Å². The van der Waals surface area contributed by atoms with Crippen LogP contribution in [0.25, 0.3) is 0 Å². The Labute approximate surface area is 153 Å². The number of ether oxygens (including phenoxy) is 2. The quantitative estimate of drug-likeness (QED) is 0.437. The van der Waals surface area contributed by atoms with Gasteiger partial charge in [-0.1, -0.05) is 32.0 Å². The van der Waals surface area contributed by atoms with Gasteiger partial charge in [-0.3, -0.25) is 14.4 Å². The first-order chi connectivity index (χ1) is 12.2. The molecule has 8 heteroatoms. The van der Waals surface area contributed by atoms with Crippen molar-refractivity contribution >= 4 is 17.8 Å². The summed E-state index contributed by atoms with van der Waals surface area (Å²) in [5, 5.41) is 5.14. The van der Waals surface area contributed by atoms with Crippen molar-refractivity contribution in [2.24, 2.45) is 11.7 Å². The topological polar surface area (TPSA) is 120 Å². The Balaban J connectivity index is 2.48. The first-order valence-corrected chi connectivity index (χ1v) is 8.40. The van der Waals surface area contributed by atoms with Gasteiger partial charge in [0.05, 0.1) is 6.04 Å². The van der Waals surface area contributed by atoms with Crippen LogP contribution in [0.3, 0.4) is 0 Å². The number of carbonyl (C=O) groups is 3. The second-order valence-corrected chi connectivity index (χ2v) is 6.22. The van der Waals surface area contributed by atoms with Gasteiger partial charge in [0.1, 0.15) is 18.4 Å². The average molecular weight is 365 g/mol. The molecule has 0 aliphatic carbocycles. The minimum absolute atomic E-state index is 0.0256. The maximum atomic E-state index is 12.0. The van der Waals surface area contributed by atoms with Crippen LogP contribution in [0.2, 0.25) is 0 Å². The third-order valence-corrected chi connectivity index (χ3v) is 3.65. The van der Waals surface area contributed by atoms with E-state index in [2.05, 4.69) is 10.6 Å². The van der Waals surface area contributed by atoms with Crippen molar-refractivity contribution in [3.05, 3.63) is 29.8 Å². The molecule has 2 atom stereocenters. The van der Waals surface area contributed by atoms with Crippen molar-refractivity contribution in [3.63, 3.8) is 0 Å². The summed E-state index contributed by atoms with van der Waals surface area (Å²) in [7, 11) is 0. The fraction of sp³-hybridized carbons (Fsp3) is 0.500. The normalized spacial score (nSPS) is 12.8. The molecular weight excluding hydrogens is 338 g/mol. The van der Waals surface area contributed by atoms with Crippen molar-refractivity contribution in [2.75, 3.05) is 6.73 Å². The van der Waals surface area contributed by atoms with E-state index < -0.39 is 24.0 Å². The monoisotopic (exact) mass is 365 g/mol. The van der Waals surface area contributed by atoms with E-state index >= 15 is 0 Å². The van der Waals surface area contributed by atoms with E-state index in [1.54, 1.807) is 31.2 Å². The minimum atomic E-state index is -0.743. The van der Waals surface area contributed by atoms with Crippen LogP contribution in [0.15, 0.2) is 24.3 Å². The number of rotatable bonds is 9. The molecule has 0 fully saturated rings. The van der Waals surface area contributed by atoms with E-state index in [0.29, 0.717) is 11.3 Å². The average Bonchev–Trinajstić information content (AvgIpc) is 2.59. The second-order valence-electron chi connectivity index (χ2n) is 6.22. The zero-order valence-corrected chi connectivity index (χ0v) is 15.6. The molecule has 1 aromatic carbocycles. The molecule has 8 nitrogen and oxygen atoms in total. The molecule has 0 saturated heterocycles. The molecule has 144 valence electrons. The molecule has 1 aromatic rings. The number of carbonyl (C=O) groups excluding carboxylic acids is 3. The lowest BCUT2D eigenvalue weighted by atomic mass is 10.0. The van der Waals surface area contributed by atoms with Gasteiger partial charge in [0.15, 0.2) is 6.73 Å². The van der Waals surface area contributed by atoms with Crippen LogP contribution in [-0.2, 0) is 25.7 Å². The number of nitrogens with one attached hydrogen (secondary N) is 2. The molecule has 0 radical (unpaired) electrons. The van der Waals surface area contributed by atoms with Gasteiger partial charge < -0.3 is 25.8 Å². The standard InChI is InChI=1S/C18H27N3O5/c1-11(2)16(19)18(24)21-12(3)17(23)20-10-26-15-8-6-5-7-14(15)9-25-13(4)22/h5-8,11-12,16H,9-10,19H2,1-4H3,(H,20,23)(H,21,24)/t12-,16-/m0/s1. The van der Waals surface area contributed by atoms with Gasteiger partial charge in [-0.25, -0.2) is 0 Å². The maximum absolute atomic E-state index is 12.0. The number of hydrogen-bond donors (Lipinski definition) is 3. The lowest BCUT2D eigenvalue weighted by Gasteiger charge is -2.19. The van der Waals surface area contributed by atoms with Crippen molar-refractivity contribution < 1.29 is 23.9 Å². The first-order valence-electron chi connectivity index (χ1n) is 8.40. The van der Waals surface area contributed by atoms with Gasteiger partial charge in [0.25, 0.3) is 0 Å². The number of para-hydroxylation sites is 1. The fourth-order valence-electron chi connectivity index (χ4n) is 1.96. The highest BCUT2D eigenvalue weighted by molar-refractivity contribution is 5.89. The summed E-state index contributed by atoms with van der Waals surface area (Å²) in [5.41, 5.74) is 6.43. The van der Waals surface area contributed by atoms with Crippen molar-refractivity contribution in [1.82, 2.24) is 10.6 Å². The van der Waals surface area contributed by atoms with Gasteiger partial charge in [0.2, 0.25) is 11.8 Å². The molecule has 0 aliphatic heterocycles. The Morgan fingerprint density at radius 2 is 1.77 bits per heavy atom. The van der Waals surface area contributed by atoms with Crippen LogP contribution in [0.5, 0.6) is 5.75 Å². The number of nitrogens with two attached hydrogens (primary N) is 1. The lowest BCUT2D eigenvalue weighted by molar-refractivity contribution is -0.142. The van der Waals surface area contributed by atoms with Crippen molar-refractivity contribution in [1.29, 1.82) is 0 Å². The Bertz CT molecular complexity index is 633. The van der Waals surface area contributed by atoms with Crippen LogP contribution in [0.4, 0.5) is 0 Å². The Hall–Kier alpha value is -2.61. The minimum Gasteiger partial charge on any atom is -0.473 e. The van der Waals surface area contributed by atoms with E-state index in [-0.39, 0.29) is 25.2 Å². The molecule has 0 unspecified atom stereocenters. The Morgan fingerprint density at radius 3 is 2.38 bits per heavy atom. The molecule has 0 bridgehead atoms. The molecule has 0 aliphatic rings. The summed E-state index contributed by atoms with van der Waals surface area (Å²) in [6.07, 6.45) is 0. The van der Waals surface area contributed by atoms with Gasteiger partial charge >= 0.3 is 5.97 Å². The zero-order chi connectivity index (χ0) is 19.7. The smallest absolute Gasteiger partial charge is 0.302 e. The molecule has 0 heterocycles. The predicted octanol–water partition coefficient (Wildman–Crippen LogP) is 0.690.